The van der Waals surface area contributed by atoms with E-state index in [9.17, 15) is 13.2 Å². The zero-order valence-corrected chi connectivity index (χ0v) is 11.0. The molecule has 0 fully saturated rings. The Morgan fingerprint density at radius 2 is 1.38 bits per heavy atom. The summed E-state index contributed by atoms with van der Waals surface area (Å²) in [6.07, 6.45) is -2.50. The maximum absolute atomic E-state index is 12.5. The Balaban J connectivity index is 1.90. The van der Waals surface area contributed by atoms with E-state index in [2.05, 4.69) is 4.98 Å². The van der Waals surface area contributed by atoms with Gasteiger partial charge in [-0.2, -0.15) is 13.2 Å². The smallest absolute Gasteiger partial charge is 0.361 e. The Hall–Kier alpha value is -2.49. The molecule has 0 aliphatic rings. The molecule has 0 bridgehead atoms. The molecule has 1 nitrogen and oxygen atoms in total. The van der Waals surface area contributed by atoms with Gasteiger partial charge in [-0.05, 0) is 34.9 Å². The highest BCUT2D eigenvalue weighted by atomic mass is 19.4. The molecule has 1 heterocycles. The van der Waals surface area contributed by atoms with Crippen molar-refractivity contribution in [1.29, 1.82) is 0 Å². The Kier molecular flexibility index (Phi) is 3.29. The molecule has 0 atom stereocenters. The van der Waals surface area contributed by atoms with Crippen molar-refractivity contribution in [2.75, 3.05) is 0 Å². The Morgan fingerprint density at radius 1 is 0.714 bits per heavy atom. The number of nitrogens with one attached hydrogen (secondary N) is 1. The molecule has 0 unspecified atom stereocenters. The number of aromatic amines is 1. The number of hydrogen-bond acceptors (Lipinski definition) is 0. The molecular formula is C17H12F3N. The van der Waals surface area contributed by atoms with Gasteiger partial charge < -0.3 is 4.98 Å². The SMILES string of the molecule is FC(F)(F)c1ccc(-c2c[nH]c(-c3ccccc3)c2)cc1. The monoisotopic (exact) mass is 287 g/mol. The molecule has 0 spiro atoms. The van der Waals surface area contributed by atoms with E-state index in [0.717, 1.165) is 34.5 Å². The van der Waals surface area contributed by atoms with Crippen LogP contribution in [0.3, 0.4) is 0 Å². The van der Waals surface area contributed by atoms with Crippen molar-refractivity contribution in [2.24, 2.45) is 0 Å². The van der Waals surface area contributed by atoms with E-state index in [1.807, 2.05) is 36.4 Å². The fraction of sp³-hybridized carbons (Fsp3) is 0.0588. The van der Waals surface area contributed by atoms with E-state index in [1.54, 1.807) is 6.20 Å². The highest BCUT2D eigenvalue weighted by molar-refractivity contribution is 5.71. The normalized spacial score (nSPS) is 11.6. The number of alkyl halides is 3. The lowest BCUT2D eigenvalue weighted by molar-refractivity contribution is -0.137. The van der Waals surface area contributed by atoms with Crippen LogP contribution in [0.4, 0.5) is 13.2 Å². The van der Waals surface area contributed by atoms with Crippen molar-refractivity contribution in [1.82, 2.24) is 4.98 Å². The molecule has 0 amide bonds. The highest BCUT2D eigenvalue weighted by Gasteiger charge is 2.29. The van der Waals surface area contributed by atoms with Crippen molar-refractivity contribution in [3.8, 4) is 22.4 Å². The van der Waals surface area contributed by atoms with Gasteiger partial charge in [0.2, 0.25) is 0 Å². The lowest BCUT2D eigenvalue weighted by Crippen LogP contribution is -2.03. The Bertz CT molecular complexity index is 725. The number of halogens is 3. The van der Waals surface area contributed by atoms with Crippen LogP contribution in [0.2, 0.25) is 0 Å². The number of rotatable bonds is 2. The van der Waals surface area contributed by atoms with E-state index in [-0.39, 0.29) is 0 Å². The van der Waals surface area contributed by atoms with Crippen molar-refractivity contribution < 1.29 is 13.2 Å². The zero-order valence-electron chi connectivity index (χ0n) is 11.0. The number of H-pyrrole nitrogens is 1. The molecule has 3 aromatic rings. The molecule has 0 aliphatic carbocycles. The van der Waals surface area contributed by atoms with Gasteiger partial charge >= 0.3 is 6.18 Å². The summed E-state index contributed by atoms with van der Waals surface area (Å²) in [5.74, 6) is 0. The second kappa shape index (κ2) is 5.13. The van der Waals surface area contributed by atoms with Crippen LogP contribution in [0.1, 0.15) is 5.56 Å². The molecule has 2 aromatic carbocycles. The lowest BCUT2D eigenvalue weighted by atomic mass is 10.1. The van der Waals surface area contributed by atoms with Crippen LogP contribution >= 0.6 is 0 Å². The Morgan fingerprint density at radius 3 is 2.00 bits per heavy atom. The van der Waals surface area contributed by atoms with E-state index in [1.165, 1.54) is 12.1 Å². The largest absolute Gasteiger partial charge is 0.416 e. The van der Waals surface area contributed by atoms with E-state index in [4.69, 9.17) is 0 Å². The molecule has 0 saturated carbocycles. The average Bonchev–Trinajstić information content (AvgIpc) is 2.97. The molecular weight excluding hydrogens is 275 g/mol. The first-order valence-electron chi connectivity index (χ1n) is 6.45. The predicted octanol–water partition coefficient (Wildman–Crippen LogP) is 5.37. The zero-order chi connectivity index (χ0) is 14.9. The summed E-state index contributed by atoms with van der Waals surface area (Å²) < 4.78 is 37.6. The molecule has 1 aromatic heterocycles. The summed E-state index contributed by atoms with van der Waals surface area (Å²) >= 11 is 0. The summed E-state index contributed by atoms with van der Waals surface area (Å²) in [6, 6.07) is 16.9. The van der Waals surface area contributed by atoms with E-state index in [0.29, 0.717) is 0 Å². The van der Waals surface area contributed by atoms with Gasteiger partial charge in [0.15, 0.2) is 0 Å². The summed E-state index contributed by atoms with van der Waals surface area (Å²) in [6.45, 7) is 0. The molecule has 0 aliphatic heterocycles. The fourth-order valence-electron chi connectivity index (χ4n) is 2.20. The van der Waals surface area contributed by atoms with Gasteiger partial charge in [-0.3, -0.25) is 0 Å². The number of benzene rings is 2. The third-order valence-electron chi connectivity index (χ3n) is 3.31. The van der Waals surface area contributed by atoms with Gasteiger partial charge in [0.25, 0.3) is 0 Å². The molecule has 3 rings (SSSR count). The van der Waals surface area contributed by atoms with E-state index < -0.39 is 11.7 Å². The number of hydrogen-bond donors (Lipinski definition) is 1. The van der Waals surface area contributed by atoms with Gasteiger partial charge in [-0.15, -0.1) is 0 Å². The van der Waals surface area contributed by atoms with E-state index >= 15 is 0 Å². The topological polar surface area (TPSA) is 15.8 Å². The summed E-state index contributed by atoms with van der Waals surface area (Å²) in [7, 11) is 0. The molecule has 4 heteroatoms. The number of aromatic nitrogens is 1. The van der Waals surface area contributed by atoms with Gasteiger partial charge in [0, 0.05) is 11.9 Å². The minimum atomic E-state index is -4.30. The van der Waals surface area contributed by atoms with Crippen LogP contribution in [0.25, 0.3) is 22.4 Å². The van der Waals surface area contributed by atoms with Crippen LogP contribution in [0, 0.1) is 0 Å². The molecule has 0 saturated heterocycles. The van der Waals surface area contributed by atoms with Crippen LogP contribution < -0.4 is 0 Å². The average molecular weight is 287 g/mol. The van der Waals surface area contributed by atoms with Crippen molar-refractivity contribution in [2.45, 2.75) is 6.18 Å². The van der Waals surface area contributed by atoms with Crippen molar-refractivity contribution >= 4 is 0 Å². The maximum atomic E-state index is 12.5. The highest BCUT2D eigenvalue weighted by Crippen LogP contribution is 2.32. The van der Waals surface area contributed by atoms with Crippen molar-refractivity contribution in [3.63, 3.8) is 0 Å². The molecule has 106 valence electrons. The van der Waals surface area contributed by atoms with Gasteiger partial charge in [-0.25, -0.2) is 0 Å². The van der Waals surface area contributed by atoms with Gasteiger partial charge in [0.1, 0.15) is 0 Å². The van der Waals surface area contributed by atoms with Crippen LogP contribution in [-0.2, 0) is 6.18 Å². The summed E-state index contributed by atoms with van der Waals surface area (Å²) in [5.41, 5.74) is 2.95. The maximum Gasteiger partial charge on any atom is 0.416 e. The first-order valence-corrected chi connectivity index (χ1v) is 6.45. The standard InChI is InChI=1S/C17H12F3N/c18-17(19,20)15-8-6-12(7-9-15)14-10-16(21-11-14)13-4-2-1-3-5-13/h1-11,21H. The first kappa shape index (κ1) is 13.5. The predicted molar refractivity (Wildman–Crippen MR) is 76.7 cm³/mol. The summed E-state index contributed by atoms with van der Waals surface area (Å²) in [4.78, 5) is 3.14. The third-order valence-corrected chi connectivity index (χ3v) is 3.31. The molecule has 21 heavy (non-hydrogen) atoms. The van der Waals surface area contributed by atoms with Gasteiger partial charge in [0.05, 0.1) is 5.56 Å². The lowest BCUT2D eigenvalue weighted by Gasteiger charge is -2.06. The van der Waals surface area contributed by atoms with Gasteiger partial charge in [-0.1, -0.05) is 42.5 Å². The van der Waals surface area contributed by atoms with Crippen LogP contribution in [-0.4, -0.2) is 4.98 Å². The minimum Gasteiger partial charge on any atom is -0.361 e. The second-order valence-corrected chi connectivity index (χ2v) is 4.74. The molecule has 1 N–H and O–H groups in total. The second-order valence-electron chi connectivity index (χ2n) is 4.74. The quantitative estimate of drug-likeness (QED) is 0.652. The summed E-state index contributed by atoms with van der Waals surface area (Å²) in [5, 5.41) is 0. The third kappa shape index (κ3) is 2.84. The van der Waals surface area contributed by atoms with Crippen LogP contribution in [0.5, 0.6) is 0 Å². The Labute approximate surface area is 120 Å². The van der Waals surface area contributed by atoms with Crippen LogP contribution in [0.15, 0.2) is 66.9 Å². The fourth-order valence-corrected chi connectivity index (χ4v) is 2.20. The minimum absolute atomic E-state index is 0.634. The molecule has 0 radical (unpaired) electrons. The van der Waals surface area contributed by atoms with Crippen molar-refractivity contribution in [3.05, 3.63) is 72.4 Å². The first-order chi connectivity index (χ1) is 10.0.